The largest absolute Gasteiger partial charge is 0.573 e. The molecule has 0 aliphatic carbocycles. The third kappa shape index (κ3) is 4.49. The lowest BCUT2D eigenvalue weighted by atomic mass is 10.1. The highest BCUT2D eigenvalue weighted by atomic mass is 19.4. The van der Waals surface area contributed by atoms with Crippen LogP contribution in [0.4, 0.5) is 19.0 Å². The van der Waals surface area contributed by atoms with Crippen molar-refractivity contribution in [3.05, 3.63) is 18.3 Å². The summed E-state index contributed by atoms with van der Waals surface area (Å²) in [5.41, 5.74) is 0. The number of nitrogens with zero attached hydrogens (tertiary/aromatic N) is 2. The van der Waals surface area contributed by atoms with Gasteiger partial charge in [-0.3, -0.25) is 4.90 Å². The predicted molar refractivity (Wildman–Crippen MR) is 74.2 cm³/mol. The van der Waals surface area contributed by atoms with Gasteiger partial charge in [0.15, 0.2) is 0 Å². The summed E-state index contributed by atoms with van der Waals surface area (Å²) in [6.45, 7) is 8.36. The molecule has 1 aliphatic heterocycles. The monoisotopic (exact) mass is 303 g/mol. The second kappa shape index (κ2) is 6.09. The second-order valence-electron chi connectivity index (χ2n) is 5.70. The number of pyridine rings is 1. The van der Waals surface area contributed by atoms with Crippen molar-refractivity contribution in [3.8, 4) is 5.75 Å². The van der Waals surface area contributed by atoms with E-state index in [0.29, 0.717) is 17.8 Å². The molecule has 7 heteroatoms. The van der Waals surface area contributed by atoms with Gasteiger partial charge in [0.1, 0.15) is 11.6 Å². The van der Waals surface area contributed by atoms with E-state index in [2.05, 4.69) is 40.7 Å². The molecule has 2 atom stereocenters. The number of likely N-dealkylation sites (tertiary alicyclic amines) is 1. The number of hydrogen-bond acceptors (Lipinski definition) is 4. The van der Waals surface area contributed by atoms with Crippen LogP contribution < -0.4 is 10.1 Å². The van der Waals surface area contributed by atoms with Gasteiger partial charge in [0.2, 0.25) is 0 Å². The molecular weight excluding hydrogens is 283 g/mol. The SMILES string of the molecule is CC1CN(C(C)C)CC1Nc1ccc(OC(F)(F)F)cn1. The molecule has 0 saturated carbocycles. The predicted octanol–water partition coefficient (Wildman–Crippen LogP) is 3.12. The summed E-state index contributed by atoms with van der Waals surface area (Å²) in [4.78, 5) is 6.34. The first-order valence-electron chi connectivity index (χ1n) is 6.97. The first-order valence-corrected chi connectivity index (χ1v) is 6.97. The zero-order valence-electron chi connectivity index (χ0n) is 12.3. The molecule has 2 heterocycles. The lowest BCUT2D eigenvalue weighted by Gasteiger charge is -2.20. The number of halogens is 3. The molecule has 0 bridgehead atoms. The minimum absolute atomic E-state index is 0.245. The Morgan fingerprint density at radius 3 is 2.52 bits per heavy atom. The van der Waals surface area contributed by atoms with Crippen LogP contribution in [0.5, 0.6) is 5.75 Å². The third-order valence-electron chi connectivity index (χ3n) is 3.67. The Kier molecular flexibility index (Phi) is 4.61. The smallest absolute Gasteiger partial charge is 0.404 e. The highest BCUT2D eigenvalue weighted by Crippen LogP contribution is 2.25. The van der Waals surface area contributed by atoms with Gasteiger partial charge in [0, 0.05) is 25.2 Å². The second-order valence-corrected chi connectivity index (χ2v) is 5.70. The lowest BCUT2D eigenvalue weighted by Crippen LogP contribution is -2.31. The number of ether oxygens (including phenoxy) is 1. The number of nitrogens with one attached hydrogen (secondary N) is 1. The van der Waals surface area contributed by atoms with Gasteiger partial charge in [-0.05, 0) is 31.9 Å². The molecule has 0 amide bonds. The van der Waals surface area contributed by atoms with Crippen LogP contribution in [0.1, 0.15) is 20.8 Å². The third-order valence-corrected chi connectivity index (χ3v) is 3.67. The van der Waals surface area contributed by atoms with Gasteiger partial charge in [-0.1, -0.05) is 6.92 Å². The van der Waals surface area contributed by atoms with Crippen LogP contribution in [0.25, 0.3) is 0 Å². The molecule has 0 spiro atoms. The van der Waals surface area contributed by atoms with Gasteiger partial charge >= 0.3 is 6.36 Å². The maximum absolute atomic E-state index is 12.1. The number of anilines is 1. The van der Waals surface area contributed by atoms with E-state index in [1.54, 1.807) is 0 Å². The highest BCUT2D eigenvalue weighted by Gasteiger charge is 2.32. The minimum atomic E-state index is -4.69. The first-order chi connectivity index (χ1) is 9.74. The van der Waals surface area contributed by atoms with Crippen molar-refractivity contribution in [1.82, 2.24) is 9.88 Å². The molecular formula is C14H20F3N3O. The number of hydrogen-bond donors (Lipinski definition) is 1. The molecule has 1 fully saturated rings. The Morgan fingerprint density at radius 1 is 1.33 bits per heavy atom. The zero-order chi connectivity index (χ0) is 15.6. The Hall–Kier alpha value is -1.50. The van der Waals surface area contributed by atoms with E-state index in [-0.39, 0.29) is 11.8 Å². The van der Waals surface area contributed by atoms with Gasteiger partial charge in [-0.15, -0.1) is 13.2 Å². The van der Waals surface area contributed by atoms with Crippen LogP contribution >= 0.6 is 0 Å². The van der Waals surface area contributed by atoms with Crippen LogP contribution in [0, 0.1) is 5.92 Å². The van der Waals surface area contributed by atoms with Crippen molar-refractivity contribution in [2.75, 3.05) is 18.4 Å². The molecule has 1 aromatic rings. The van der Waals surface area contributed by atoms with Crippen LogP contribution in [-0.2, 0) is 0 Å². The van der Waals surface area contributed by atoms with Crippen LogP contribution in [0.3, 0.4) is 0 Å². The van der Waals surface area contributed by atoms with Crippen molar-refractivity contribution in [2.24, 2.45) is 5.92 Å². The highest BCUT2D eigenvalue weighted by molar-refractivity contribution is 5.39. The van der Waals surface area contributed by atoms with Crippen molar-refractivity contribution >= 4 is 5.82 Å². The fraction of sp³-hybridized carbons (Fsp3) is 0.643. The van der Waals surface area contributed by atoms with E-state index in [9.17, 15) is 13.2 Å². The fourth-order valence-corrected chi connectivity index (χ4v) is 2.46. The topological polar surface area (TPSA) is 37.4 Å². The quantitative estimate of drug-likeness (QED) is 0.927. The summed E-state index contributed by atoms with van der Waals surface area (Å²) in [5.74, 6) is 0.712. The van der Waals surface area contributed by atoms with Crippen LogP contribution in [0.15, 0.2) is 18.3 Å². The first kappa shape index (κ1) is 15.9. The molecule has 4 nitrogen and oxygen atoms in total. The van der Waals surface area contributed by atoms with Gasteiger partial charge in [0.25, 0.3) is 0 Å². The van der Waals surface area contributed by atoms with E-state index < -0.39 is 6.36 Å². The van der Waals surface area contributed by atoms with Crippen LogP contribution in [-0.4, -0.2) is 41.4 Å². The lowest BCUT2D eigenvalue weighted by molar-refractivity contribution is -0.274. The van der Waals surface area contributed by atoms with E-state index in [0.717, 1.165) is 19.3 Å². The van der Waals surface area contributed by atoms with Gasteiger partial charge in [-0.2, -0.15) is 0 Å². The zero-order valence-corrected chi connectivity index (χ0v) is 12.3. The number of alkyl halides is 3. The summed E-state index contributed by atoms with van der Waals surface area (Å²) in [6.07, 6.45) is -3.61. The van der Waals surface area contributed by atoms with Crippen LogP contribution in [0.2, 0.25) is 0 Å². The average Bonchev–Trinajstić information content (AvgIpc) is 2.72. The van der Waals surface area contributed by atoms with Gasteiger partial charge < -0.3 is 10.1 Å². The molecule has 1 N–H and O–H groups in total. The molecule has 0 radical (unpaired) electrons. The molecule has 21 heavy (non-hydrogen) atoms. The van der Waals surface area contributed by atoms with E-state index in [4.69, 9.17) is 0 Å². The molecule has 0 aromatic carbocycles. The summed E-state index contributed by atoms with van der Waals surface area (Å²) in [5, 5.41) is 3.28. The Labute approximate surface area is 122 Å². The van der Waals surface area contributed by atoms with Gasteiger partial charge in [-0.25, -0.2) is 4.98 Å². The molecule has 2 rings (SSSR count). The summed E-state index contributed by atoms with van der Waals surface area (Å²) < 4.78 is 40.0. The Morgan fingerprint density at radius 2 is 2.05 bits per heavy atom. The summed E-state index contributed by atoms with van der Waals surface area (Å²) >= 11 is 0. The number of aromatic nitrogens is 1. The molecule has 1 aromatic heterocycles. The summed E-state index contributed by atoms with van der Waals surface area (Å²) in [7, 11) is 0. The Bertz CT molecular complexity index is 462. The normalized spacial score (nSPS) is 23.6. The van der Waals surface area contributed by atoms with Gasteiger partial charge in [0.05, 0.1) is 6.20 Å². The molecule has 1 saturated heterocycles. The fourth-order valence-electron chi connectivity index (χ4n) is 2.46. The Balaban J connectivity index is 1.95. The van der Waals surface area contributed by atoms with E-state index in [1.165, 1.54) is 12.1 Å². The van der Waals surface area contributed by atoms with Crippen molar-refractivity contribution in [2.45, 2.75) is 39.2 Å². The van der Waals surface area contributed by atoms with Crippen molar-refractivity contribution in [3.63, 3.8) is 0 Å². The van der Waals surface area contributed by atoms with Crippen molar-refractivity contribution < 1.29 is 17.9 Å². The molecule has 1 aliphatic rings. The molecule has 118 valence electrons. The van der Waals surface area contributed by atoms with E-state index in [1.807, 2.05) is 0 Å². The molecule has 2 unspecified atom stereocenters. The standard InChI is InChI=1S/C14H20F3N3O/c1-9(2)20-7-10(3)12(8-20)19-13-5-4-11(6-18-13)21-14(15,16)17/h4-6,9-10,12H,7-8H2,1-3H3,(H,18,19). The average molecular weight is 303 g/mol. The van der Waals surface area contributed by atoms with E-state index >= 15 is 0 Å². The summed E-state index contributed by atoms with van der Waals surface area (Å²) in [6, 6.07) is 3.50. The maximum Gasteiger partial charge on any atom is 0.573 e. The number of rotatable bonds is 4. The van der Waals surface area contributed by atoms with Crippen molar-refractivity contribution in [1.29, 1.82) is 0 Å². The minimum Gasteiger partial charge on any atom is -0.404 e. The maximum atomic E-state index is 12.1.